The molecule has 4 N–H and O–H groups in total. The molecule has 2 atom stereocenters. The minimum absolute atomic E-state index is 0.171. The molecule has 2 aromatic rings. The number of hydrogen-bond donors (Lipinski definition) is 4. The summed E-state index contributed by atoms with van der Waals surface area (Å²) in [5.74, 6) is -3.35. The standard InChI is InChI=1S/C21H26F3N5O.C4H7NO/c1-3-29-16(6-9-25-29)20(30)28-17(13-4-7-21(23,24)8-5-13)19-26-15-11-12(2)10-14(22)18(15)27-19;6-4-2-1-3-5-4/h6,9-11,13,17,19,26-27H,3-5,7-8H2,1-2H3,(H,28,30);1-3H2,(H,5,6). The van der Waals surface area contributed by atoms with Crippen molar-refractivity contribution >= 4 is 23.2 Å². The van der Waals surface area contributed by atoms with E-state index in [0.717, 1.165) is 24.9 Å². The smallest absolute Gasteiger partial charge is 0.269 e. The summed E-state index contributed by atoms with van der Waals surface area (Å²) >= 11 is 0. The van der Waals surface area contributed by atoms with Gasteiger partial charge in [0.15, 0.2) is 0 Å². The van der Waals surface area contributed by atoms with Crippen molar-refractivity contribution in [2.75, 3.05) is 17.2 Å². The van der Waals surface area contributed by atoms with Gasteiger partial charge < -0.3 is 21.3 Å². The summed E-state index contributed by atoms with van der Waals surface area (Å²) < 4.78 is 43.5. The molecule has 1 saturated carbocycles. The van der Waals surface area contributed by atoms with Gasteiger partial charge in [0.2, 0.25) is 11.8 Å². The third kappa shape index (κ3) is 5.93. The van der Waals surface area contributed by atoms with Crippen molar-refractivity contribution in [1.29, 1.82) is 0 Å². The first-order valence-corrected chi connectivity index (χ1v) is 12.5. The normalized spacial score (nSPS) is 21.4. The molecule has 196 valence electrons. The van der Waals surface area contributed by atoms with E-state index in [4.69, 9.17) is 0 Å². The van der Waals surface area contributed by atoms with Gasteiger partial charge in [0.25, 0.3) is 5.91 Å². The van der Waals surface area contributed by atoms with Crippen molar-refractivity contribution in [2.45, 2.75) is 77.0 Å². The van der Waals surface area contributed by atoms with Gasteiger partial charge in [0, 0.05) is 38.5 Å². The second-order valence-electron chi connectivity index (χ2n) is 9.61. The number of benzene rings is 1. The fraction of sp³-hybridized carbons (Fsp3) is 0.560. The van der Waals surface area contributed by atoms with Gasteiger partial charge in [0.05, 0.1) is 17.4 Å². The van der Waals surface area contributed by atoms with E-state index in [-0.39, 0.29) is 49.2 Å². The van der Waals surface area contributed by atoms with Crippen LogP contribution in [0, 0.1) is 18.7 Å². The number of fused-ring (bicyclic) bond motifs is 1. The van der Waals surface area contributed by atoms with E-state index in [9.17, 15) is 22.8 Å². The van der Waals surface area contributed by atoms with Crippen molar-refractivity contribution in [1.82, 2.24) is 20.4 Å². The summed E-state index contributed by atoms with van der Waals surface area (Å²) in [6.45, 7) is 5.10. The molecule has 5 rings (SSSR count). The van der Waals surface area contributed by atoms with Crippen LogP contribution in [0.25, 0.3) is 0 Å². The van der Waals surface area contributed by atoms with Crippen molar-refractivity contribution in [2.24, 2.45) is 5.92 Å². The van der Waals surface area contributed by atoms with Crippen molar-refractivity contribution in [3.63, 3.8) is 0 Å². The highest BCUT2D eigenvalue weighted by atomic mass is 19.3. The first kappa shape index (κ1) is 25.8. The molecule has 1 saturated heterocycles. The Morgan fingerprint density at radius 3 is 2.64 bits per heavy atom. The monoisotopic (exact) mass is 506 g/mol. The van der Waals surface area contributed by atoms with Crippen LogP contribution in [0.15, 0.2) is 24.4 Å². The van der Waals surface area contributed by atoms with Crippen LogP contribution in [0.2, 0.25) is 0 Å². The summed E-state index contributed by atoms with van der Waals surface area (Å²) in [5, 5.41) is 16.2. The fourth-order valence-electron chi connectivity index (χ4n) is 5.00. The van der Waals surface area contributed by atoms with Gasteiger partial charge in [-0.3, -0.25) is 14.3 Å². The van der Waals surface area contributed by atoms with Crippen LogP contribution in [0.5, 0.6) is 0 Å². The predicted octanol–water partition coefficient (Wildman–Crippen LogP) is 4.03. The third-order valence-electron chi connectivity index (χ3n) is 6.92. The lowest BCUT2D eigenvalue weighted by Gasteiger charge is -2.37. The predicted molar refractivity (Wildman–Crippen MR) is 130 cm³/mol. The van der Waals surface area contributed by atoms with Crippen LogP contribution in [0.3, 0.4) is 0 Å². The lowest BCUT2D eigenvalue weighted by molar-refractivity contribution is -0.119. The van der Waals surface area contributed by atoms with Crippen LogP contribution >= 0.6 is 0 Å². The highest BCUT2D eigenvalue weighted by molar-refractivity contribution is 5.93. The van der Waals surface area contributed by atoms with E-state index in [0.29, 0.717) is 23.6 Å². The molecule has 1 aliphatic carbocycles. The molecule has 1 aromatic heterocycles. The number of carbonyl (C=O) groups is 2. The molecule has 1 aromatic carbocycles. The quantitative estimate of drug-likeness (QED) is 0.491. The van der Waals surface area contributed by atoms with Crippen molar-refractivity contribution in [3.8, 4) is 0 Å². The van der Waals surface area contributed by atoms with E-state index in [2.05, 4.69) is 26.4 Å². The number of carbonyl (C=O) groups excluding carboxylic acids is 2. The zero-order valence-corrected chi connectivity index (χ0v) is 20.5. The second-order valence-corrected chi connectivity index (χ2v) is 9.61. The van der Waals surface area contributed by atoms with Gasteiger partial charge in [-0.1, -0.05) is 0 Å². The van der Waals surface area contributed by atoms with Crippen LogP contribution in [-0.4, -0.2) is 46.3 Å². The topological polar surface area (TPSA) is 100 Å². The Morgan fingerprint density at radius 1 is 1.28 bits per heavy atom. The molecular formula is C25H33F3N6O2. The van der Waals surface area contributed by atoms with E-state index in [1.807, 2.05) is 13.0 Å². The first-order chi connectivity index (χ1) is 17.2. The summed E-state index contributed by atoms with van der Waals surface area (Å²) in [6.07, 6.45) is 2.93. The molecule has 11 heteroatoms. The number of nitrogens with zero attached hydrogens (tertiary/aromatic N) is 2. The lowest BCUT2D eigenvalue weighted by Crippen LogP contribution is -2.54. The Balaban J connectivity index is 0.000000445. The largest absolute Gasteiger partial charge is 0.362 e. The van der Waals surface area contributed by atoms with Crippen LogP contribution in [-0.2, 0) is 11.3 Å². The van der Waals surface area contributed by atoms with Gasteiger partial charge in [-0.15, -0.1) is 0 Å². The van der Waals surface area contributed by atoms with Gasteiger partial charge in [-0.25, -0.2) is 13.2 Å². The Labute approximate surface area is 208 Å². The molecule has 0 bridgehead atoms. The second kappa shape index (κ2) is 10.8. The minimum Gasteiger partial charge on any atom is -0.362 e. The molecule has 0 spiro atoms. The summed E-state index contributed by atoms with van der Waals surface area (Å²) in [6, 6.07) is 4.38. The number of hydrogen-bond acceptors (Lipinski definition) is 5. The molecule has 2 unspecified atom stereocenters. The zero-order valence-electron chi connectivity index (χ0n) is 20.5. The van der Waals surface area contributed by atoms with Gasteiger partial charge in [-0.05, 0) is 62.8 Å². The van der Waals surface area contributed by atoms with Crippen molar-refractivity contribution < 1.29 is 22.8 Å². The molecule has 3 heterocycles. The number of amides is 2. The molecule has 0 radical (unpaired) electrons. The van der Waals surface area contributed by atoms with Crippen LogP contribution < -0.4 is 21.3 Å². The number of aromatic nitrogens is 2. The van der Waals surface area contributed by atoms with Gasteiger partial charge >= 0.3 is 0 Å². The maximum absolute atomic E-state index is 14.4. The van der Waals surface area contributed by atoms with Crippen LogP contribution in [0.1, 0.15) is 61.5 Å². The average molecular weight is 507 g/mol. The first-order valence-electron chi connectivity index (χ1n) is 12.5. The Hall–Kier alpha value is -3.24. The molecule has 2 fully saturated rings. The average Bonchev–Trinajstić information content (AvgIpc) is 3.58. The maximum Gasteiger partial charge on any atom is 0.269 e. The summed E-state index contributed by atoms with van der Waals surface area (Å²) in [5.41, 5.74) is 2.12. The maximum atomic E-state index is 14.4. The highest BCUT2D eigenvalue weighted by Gasteiger charge is 2.42. The Kier molecular flexibility index (Phi) is 7.75. The highest BCUT2D eigenvalue weighted by Crippen LogP contribution is 2.40. The van der Waals surface area contributed by atoms with E-state index in [1.165, 1.54) is 6.07 Å². The summed E-state index contributed by atoms with van der Waals surface area (Å²) in [7, 11) is 0. The SMILES string of the molecule is CCn1nccc1C(=O)NC(C1CCC(F)(F)CC1)C1Nc2cc(C)cc(F)c2N1.O=C1CCCN1. The zero-order chi connectivity index (χ0) is 25.9. The van der Waals surface area contributed by atoms with E-state index in [1.54, 1.807) is 23.9 Å². The van der Waals surface area contributed by atoms with Gasteiger partial charge in [-0.2, -0.15) is 5.10 Å². The number of halogens is 3. The molecule has 36 heavy (non-hydrogen) atoms. The Bertz CT molecular complexity index is 1090. The molecule has 2 aliphatic heterocycles. The summed E-state index contributed by atoms with van der Waals surface area (Å²) in [4.78, 5) is 23.1. The fourth-order valence-corrected chi connectivity index (χ4v) is 5.00. The number of rotatable bonds is 5. The molecular weight excluding hydrogens is 473 g/mol. The number of alkyl halides is 2. The van der Waals surface area contributed by atoms with Gasteiger partial charge in [0.1, 0.15) is 17.7 Å². The number of aryl methyl sites for hydroxylation is 2. The minimum atomic E-state index is -2.67. The Morgan fingerprint density at radius 2 is 2.03 bits per heavy atom. The number of anilines is 2. The van der Waals surface area contributed by atoms with Crippen molar-refractivity contribution in [3.05, 3.63) is 41.5 Å². The third-order valence-corrected chi connectivity index (χ3v) is 6.92. The van der Waals surface area contributed by atoms with Crippen LogP contribution in [0.4, 0.5) is 24.5 Å². The van der Waals surface area contributed by atoms with E-state index < -0.39 is 18.1 Å². The molecule has 8 nitrogen and oxygen atoms in total. The molecule has 3 aliphatic rings. The lowest BCUT2D eigenvalue weighted by atomic mass is 9.81. The molecule has 2 amide bonds. The van der Waals surface area contributed by atoms with E-state index >= 15 is 0 Å². The number of nitrogens with one attached hydrogen (secondary N) is 4.